The van der Waals surface area contributed by atoms with Crippen molar-refractivity contribution in [1.82, 2.24) is 14.7 Å². The Bertz CT molecular complexity index is 862. The van der Waals surface area contributed by atoms with Crippen LogP contribution in [0.5, 0.6) is 0 Å². The molecule has 118 valence electrons. The summed E-state index contributed by atoms with van der Waals surface area (Å²) < 4.78 is 1.90. The molecule has 0 saturated carbocycles. The van der Waals surface area contributed by atoms with Gasteiger partial charge in [-0.05, 0) is 54.1 Å². The van der Waals surface area contributed by atoms with Crippen molar-refractivity contribution in [2.75, 3.05) is 6.54 Å². The van der Waals surface area contributed by atoms with Crippen LogP contribution in [-0.4, -0.2) is 32.9 Å². The van der Waals surface area contributed by atoms with Crippen LogP contribution in [0.4, 0.5) is 0 Å². The first-order chi connectivity index (χ1) is 11.2. The molecule has 0 unspecified atom stereocenters. The Balaban J connectivity index is 1.67. The molecule has 4 heterocycles. The van der Waals surface area contributed by atoms with Crippen LogP contribution < -0.4 is 5.32 Å². The number of Topliss-reactive ketones (excluding diaryl/α,β-unsaturated/α-hetero) is 1. The van der Waals surface area contributed by atoms with E-state index < -0.39 is 0 Å². The Morgan fingerprint density at radius 3 is 3.04 bits per heavy atom. The molecule has 1 atom stereocenters. The molecule has 0 aliphatic carbocycles. The van der Waals surface area contributed by atoms with Gasteiger partial charge in [0.05, 0.1) is 12.6 Å². The quantitative estimate of drug-likeness (QED) is 0.723. The van der Waals surface area contributed by atoms with E-state index in [1.165, 1.54) is 11.3 Å². The van der Waals surface area contributed by atoms with E-state index >= 15 is 0 Å². The van der Waals surface area contributed by atoms with Crippen LogP contribution in [0, 0.1) is 0 Å². The largest absolute Gasteiger partial charge is 0.391 e. The van der Waals surface area contributed by atoms with E-state index in [9.17, 15) is 9.90 Å². The Morgan fingerprint density at radius 2 is 2.30 bits per heavy atom. The third kappa shape index (κ3) is 2.69. The van der Waals surface area contributed by atoms with Gasteiger partial charge in [-0.25, -0.2) is 4.98 Å². The maximum absolute atomic E-state index is 12.4. The maximum Gasteiger partial charge on any atom is 0.199 e. The van der Waals surface area contributed by atoms with Crippen LogP contribution in [0.15, 0.2) is 36.0 Å². The lowest BCUT2D eigenvalue weighted by Crippen LogP contribution is -2.30. The predicted molar refractivity (Wildman–Crippen MR) is 89.8 cm³/mol. The van der Waals surface area contributed by atoms with Gasteiger partial charge in [0.1, 0.15) is 11.3 Å². The normalized spacial score (nSPS) is 17.9. The maximum atomic E-state index is 12.4. The molecule has 2 N–H and O–H groups in total. The van der Waals surface area contributed by atoms with E-state index in [2.05, 4.69) is 10.3 Å². The van der Waals surface area contributed by atoms with Gasteiger partial charge in [-0.2, -0.15) is 0 Å². The highest BCUT2D eigenvalue weighted by Gasteiger charge is 2.25. The average Bonchev–Trinajstić information content (AvgIpc) is 3.32. The fourth-order valence-corrected chi connectivity index (χ4v) is 3.74. The van der Waals surface area contributed by atoms with E-state index in [0.717, 1.165) is 41.0 Å². The number of carbonyl (C=O) groups excluding carboxylic acids is 1. The van der Waals surface area contributed by atoms with Gasteiger partial charge in [-0.1, -0.05) is 0 Å². The SMILES string of the molecule is O=C(c1cn2cc(-c3csc(CO)c3)ccc2n1)[C@H]1CCCN1. The minimum Gasteiger partial charge on any atom is -0.391 e. The summed E-state index contributed by atoms with van der Waals surface area (Å²) in [6.07, 6.45) is 5.71. The predicted octanol–water partition coefficient (Wildman–Crippen LogP) is 2.49. The molecule has 5 nitrogen and oxygen atoms in total. The number of nitrogens with one attached hydrogen (secondary N) is 1. The summed E-state index contributed by atoms with van der Waals surface area (Å²) in [5.74, 6) is 0.0749. The summed E-state index contributed by atoms with van der Waals surface area (Å²) in [5, 5.41) is 14.4. The minimum atomic E-state index is -0.0941. The molecule has 1 aliphatic heterocycles. The second kappa shape index (κ2) is 5.88. The van der Waals surface area contributed by atoms with Crippen LogP contribution in [-0.2, 0) is 6.61 Å². The first-order valence-electron chi connectivity index (χ1n) is 7.69. The summed E-state index contributed by atoms with van der Waals surface area (Å²) in [4.78, 5) is 17.8. The first kappa shape index (κ1) is 14.6. The zero-order chi connectivity index (χ0) is 15.8. The molecular formula is C17H17N3O2S. The van der Waals surface area contributed by atoms with Crippen LogP contribution in [0.1, 0.15) is 28.2 Å². The van der Waals surface area contributed by atoms with Gasteiger partial charge in [-0.15, -0.1) is 11.3 Å². The third-order valence-corrected chi connectivity index (χ3v) is 5.14. The summed E-state index contributed by atoms with van der Waals surface area (Å²) in [5.41, 5.74) is 3.40. The number of thiophene rings is 1. The number of ketones is 1. The molecule has 0 aromatic carbocycles. The molecule has 3 aromatic heterocycles. The van der Waals surface area contributed by atoms with E-state index in [0.29, 0.717) is 5.69 Å². The monoisotopic (exact) mass is 327 g/mol. The molecule has 4 rings (SSSR count). The molecule has 0 amide bonds. The summed E-state index contributed by atoms with van der Waals surface area (Å²) in [6, 6.07) is 5.80. The number of imidazole rings is 1. The van der Waals surface area contributed by atoms with Crippen molar-refractivity contribution < 1.29 is 9.90 Å². The molecule has 0 radical (unpaired) electrons. The van der Waals surface area contributed by atoms with Crippen molar-refractivity contribution in [3.8, 4) is 11.1 Å². The standard InChI is InChI=1S/C17H17N3O2S/c21-9-13-6-12(10-23-13)11-3-4-16-19-15(8-20(16)7-11)17(22)14-2-1-5-18-14/h3-4,6-8,10,14,18,21H,1-2,5,9H2/t14-/m1/s1. The second-order valence-electron chi connectivity index (χ2n) is 5.78. The van der Waals surface area contributed by atoms with Crippen molar-refractivity contribution in [1.29, 1.82) is 0 Å². The Kier molecular flexibility index (Phi) is 3.72. The number of nitrogens with zero attached hydrogens (tertiary/aromatic N) is 2. The van der Waals surface area contributed by atoms with E-state index in [1.807, 2.05) is 34.2 Å². The number of hydrogen-bond donors (Lipinski definition) is 2. The van der Waals surface area contributed by atoms with Gasteiger partial charge in [0.15, 0.2) is 5.78 Å². The van der Waals surface area contributed by atoms with Crippen molar-refractivity contribution >= 4 is 22.8 Å². The van der Waals surface area contributed by atoms with Gasteiger partial charge in [0, 0.05) is 17.3 Å². The first-order valence-corrected chi connectivity index (χ1v) is 8.57. The topological polar surface area (TPSA) is 66.6 Å². The van der Waals surface area contributed by atoms with E-state index in [-0.39, 0.29) is 18.4 Å². The Hall–Kier alpha value is -2.02. The fraction of sp³-hybridized carbons (Fsp3) is 0.294. The summed E-state index contributed by atoms with van der Waals surface area (Å²) in [7, 11) is 0. The van der Waals surface area contributed by atoms with E-state index in [4.69, 9.17) is 0 Å². The minimum absolute atomic E-state index is 0.0605. The molecule has 0 spiro atoms. The Labute approximate surface area is 137 Å². The number of hydrogen-bond acceptors (Lipinski definition) is 5. The van der Waals surface area contributed by atoms with Gasteiger partial charge in [-0.3, -0.25) is 4.79 Å². The molecule has 1 fully saturated rings. The smallest absolute Gasteiger partial charge is 0.199 e. The molecule has 6 heteroatoms. The van der Waals surface area contributed by atoms with Crippen LogP contribution in [0.25, 0.3) is 16.8 Å². The van der Waals surface area contributed by atoms with Gasteiger partial charge in [0.25, 0.3) is 0 Å². The van der Waals surface area contributed by atoms with Gasteiger partial charge in [0.2, 0.25) is 0 Å². The zero-order valence-electron chi connectivity index (χ0n) is 12.5. The van der Waals surface area contributed by atoms with Crippen LogP contribution in [0.2, 0.25) is 0 Å². The lowest BCUT2D eigenvalue weighted by atomic mass is 10.1. The number of aliphatic hydroxyl groups excluding tert-OH is 1. The summed E-state index contributed by atoms with van der Waals surface area (Å²) in [6.45, 7) is 0.963. The van der Waals surface area contributed by atoms with Crippen molar-refractivity contribution in [2.24, 2.45) is 0 Å². The van der Waals surface area contributed by atoms with Crippen molar-refractivity contribution in [3.63, 3.8) is 0 Å². The van der Waals surface area contributed by atoms with E-state index in [1.54, 1.807) is 6.20 Å². The van der Waals surface area contributed by atoms with Crippen LogP contribution >= 0.6 is 11.3 Å². The average molecular weight is 327 g/mol. The molecule has 0 bridgehead atoms. The highest BCUT2D eigenvalue weighted by atomic mass is 32.1. The number of aliphatic hydroxyl groups is 1. The van der Waals surface area contributed by atoms with Crippen molar-refractivity contribution in [2.45, 2.75) is 25.5 Å². The number of pyridine rings is 1. The Morgan fingerprint density at radius 1 is 1.39 bits per heavy atom. The van der Waals surface area contributed by atoms with Crippen molar-refractivity contribution in [3.05, 3.63) is 46.5 Å². The van der Waals surface area contributed by atoms with Crippen LogP contribution in [0.3, 0.4) is 0 Å². The van der Waals surface area contributed by atoms with Gasteiger partial charge < -0.3 is 14.8 Å². The number of fused-ring (bicyclic) bond motifs is 1. The molecule has 3 aromatic rings. The molecular weight excluding hydrogens is 310 g/mol. The fourth-order valence-electron chi connectivity index (χ4n) is 2.98. The second-order valence-corrected chi connectivity index (χ2v) is 6.78. The molecule has 23 heavy (non-hydrogen) atoms. The number of carbonyl (C=O) groups is 1. The lowest BCUT2D eigenvalue weighted by Gasteiger charge is -2.05. The lowest BCUT2D eigenvalue weighted by molar-refractivity contribution is 0.0948. The number of aromatic nitrogens is 2. The molecule has 1 saturated heterocycles. The third-order valence-electron chi connectivity index (χ3n) is 4.22. The summed E-state index contributed by atoms with van der Waals surface area (Å²) >= 11 is 1.54. The highest BCUT2D eigenvalue weighted by molar-refractivity contribution is 7.10. The van der Waals surface area contributed by atoms with Gasteiger partial charge >= 0.3 is 0 Å². The number of rotatable bonds is 4. The highest BCUT2D eigenvalue weighted by Crippen LogP contribution is 2.26. The zero-order valence-corrected chi connectivity index (χ0v) is 13.3. The molecule has 1 aliphatic rings.